The Kier molecular flexibility index (Phi) is 5.19. The van der Waals surface area contributed by atoms with Crippen molar-refractivity contribution >= 4 is 0 Å². The monoisotopic (exact) mass is 229 g/mol. The molecule has 1 N–H and O–H groups in total. The summed E-state index contributed by atoms with van der Waals surface area (Å²) in [5, 5.41) is 3.09. The Hall–Kier alpha value is -1.16. The predicted octanol–water partition coefficient (Wildman–Crippen LogP) is 2.73. The Morgan fingerprint density at radius 1 is 1.38 bits per heavy atom. The zero-order valence-corrected chi connectivity index (χ0v) is 9.59. The van der Waals surface area contributed by atoms with Crippen LogP contribution < -0.4 is 10.1 Å². The molecule has 0 amide bonds. The van der Waals surface area contributed by atoms with E-state index in [1.165, 1.54) is 12.1 Å². The summed E-state index contributed by atoms with van der Waals surface area (Å²) >= 11 is 0. The van der Waals surface area contributed by atoms with Crippen LogP contribution in [-0.2, 0) is 0 Å². The maximum atomic E-state index is 13.1. The van der Waals surface area contributed by atoms with Crippen LogP contribution in [0.2, 0.25) is 0 Å². The Bertz CT molecular complexity index is 331. The second-order valence-electron chi connectivity index (χ2n) is 3.73. The van der Waals surface area contributed by atoms with E-state index in [2.05, 4.69) is 12.2 Å². The van der Waals surface area contributed by atoms with Crippen molar-refractivity contribution in [1.82, 2.24) is 5.32 Å². The van der Waals surface area contributed by atoms with Gasteiger partial charge in [0.1, 0.15) is 0 Å². The third-order valence-electron chi connectivity index (χ3n) is 2.45. The molecule has 16 heavy (non-hydrogen) atoms. The molecule has 0 fully saturated rings. The van der Waals surface area contributed by atoms with E-state index in [0.717, 1.165) is 18.9 Å². The first-order valence-corrected chi connectivity index (χ1v) is 5.39. The first-order chi connectivity index (χ1) is 7.65. The number of nitrogens with one attached hydrogen (secondary N) is 1. The molecule has 0 saturated carbocycles. The number of hydrogen-bond donors (Lipinski definition) is 1. The van der Waals surface area contributed by atoms with E-state index in [-0.39, 0.29) is 5.75 Å². The Morgan fingerprint density at radius 2 is 2.12 bits per heavy atom. The molecule has 0 heterocycles. The third-order valence-corrected chi connectivity index (χ3v) is 2.45. The van der Waals surface area contributed by atoms with Crippen molar-refractivity contribution < 1.29 is 13.5 Å². The summed E-state index contributed by atoms with van der Waals surface area (Å²) in [6.07, 6.45) is 1.74. The van der Waals surface area contributed by atoms with Crippen LogP contribution in [0.4, 0.5) is 8.78 Å². The molecule has 4 heteroatoms. The third kappa shape index (κ3) is 3.77. The van der Waals surface area contributed by atoms with Gasteiger partial charge in [0.25, 0.3) is 0 Å². The van der Waals surface area contributed by atoms with E-state index in [0.29, 0.717) is 12.6 Å². The highest BCUT2D eigenvalue weighted by atomic mass is 19.2. The molecule has 0 saturated heterocycles. The van der Waals surface area contributed by atoms with E-state index in [4.69, 9.17) is 4.74 Å². The van der Waals surface area contributed by atoms with Crippen LogP contribution >= 0.6 is 0 Å². The summed E-state index contributed by atoms with van der Waals surface area (Å²) in [4.78, 5) is 0. The molecule has 2 nitrogen and oxygen atoms in total. The lowest BCUT2D eigenvalue weighted by molar-refractivity contribution is 0.281. The summed E-state index contributed by atoms with van der Waals surface area (Å²) in [5.74, 6) is -1.80. The van der Waals surface area contributed by atoms with E-state index >= 15 is 0 Å². The van der Waals surface area contributed by atoms with Crippen LogP contribution in [0.5, 0.6) is 5.75 Å². The number of benzene rings is 1. The lowest BCUT2D eigenvalue weighted by Gasteiger charge is -2.11. The average Bonchev–Trinajstić information content (AvgIpc) is 2.29. The maximum absolute atomic E-state index is 13.1. The average molecular weight is 229 g/mol. The molecule has 0 radical (unpaired) electrons. The Morgan fingerprint density at radius 3 is 2.81 bits per heavy atom. The van der Waals surface area contributed by atoms with Gasteiger partial charge in [-0.3, -0.25) is 0 Å². The topological polar surface area (TPSA) is 21.3 Å². The molecule has 0 aliphatic rings. The molecular weight excluding hydrogens is 212 g/mol. The van der Waals surface area contributed by atoms with Gasteiger partial charge < -0.3 is 10.1 Å². The van der Waals surface area contributed by atoms with Crippen molar-refractivity contribution in [2.24, 2.45) is 0 Å². The minimum absolute atomic E-state index is 0.0166. The predicted molar refractivity (Wildman–Crippen MR) is 59.6 cm³/mol. The molecule has 1 unspecified atom stereocenters. The van der Waals surface area contributed by atoms with Gasteiger partial charge in [0.05, 0.1) is 6.61 Å². The van der Waals surface area contributed by atoms with Crippen molar-refractivity contribution in [3.63, 3.8) is 0 Å². The van der Waals surface area contributed by atoms with Gasteiger partial charge in [-0.25, -0.2) is 4.39 Å². The number of halogens is 2. The fraction of sp³-hybridized carbons (Fsp3) is 0.500. The highest BCUT2D eigenvalue weighted by molar-refractivity contribution is 5.24. The largest absolute Gasteiger partial charge is 0.490 e. The second kappa shape index (κ2) is 6.43. The van der Waals surface area contributed by atoms with Gasteiger partial charge in [-0.2, -0.15) is 4.39 Å². The summed E-state index contributed by atoms with van der Waals surface area (Å²) in [6.45, 7) is 2.45. The van der Waals surface area contributed by atoms with Crippen molar-refractivity contribution in [1.29, 1.82) is 0 Å². The zero-order valence-electron chi connectivity index (χ0n) is 9.59. The van der Waals surface area contributed by atoms with Crippen LogP contribution in [0.25, 0.3) is 0 Å². The Labute approximate surface area is 94.6 Å². The highest BCUT2D eigenvalue weighted by Crippen LogP contribution is 2.19. The summed E-state index contributed by atoms with van der Waals surface area (Å²) in [5.41, 5.74) is 0. The first kappa shape index (κ1) is 12.9. The highest BCUT2D eigenvalue weighted by Gasteiger charge is 2.08. The van der Waals surface area contributed by atoms with E-state index < -0.39 is 11.6 Å². The van der Waals surface area contributed by atoms with Crippen LogP contribution in [0, 0.1) is 11.6 Å². The van der Waals surface area contributed by atoms with Gasteiger partial charge in [-0.1, -0.05) is 6.07 Å². The zero-order chi connectivity index (χ0) is 12.0. The lowest BCUT2D eigenvalue weighted by Crippen LogP contribution is -2.21. The maximum Gasteiger partial charge on any atom is 0.200 e. The van der Waals surface area contributed by atoms with Gasteiger partial charge in [0.2, 0.25) is 5.82 Å². The van der Waals surface area contributed by atoms with E-state index in [9.17, 15) is 8.78 Å². The molecular formula is C12H17F2NO. The molecule has 0 aliphatic heterocycles. The van der Waals surface area contributed by atoms with Gasteiger partial charge in [0, 0.05) is 6.04 Å². The van der Waals surface area contributed by atoms with Gasteiger partial charge >= 0.3 is 0 Å². The van der Waals surface area contributed by atoms with E-state index in [1.54, 1.807) is 0 Å². The molecule has 1 aromatic rings. The summed E-state index contributed by atoms with van der Waals surface area (Å²) in [6, 6.07) is 4.34. The fourth-order valence-corrected chi connectivity index (χ4v) is 1.31. The Balaban J connectivity index is 2.35. The molecule has 0 spiro atoms. The van der Waals surface area contributed by atoms with Crippen LogP contribution in [-0.4, -0.2) is 19.7 Å². The SMILES string of the molecule is CNC(C)CCCOc1cccc(F)c1F. The lowest BCUT2D eigenvalue weighted by atomic mass is 10.2. The van der Waals surface area contributed by atoms with Crippen molar-refractivity contribution in [3.05, 3.63) is 29.8 Å². The molecule has 1 atom stereocenters. The van der Waals surface area contributed by atoms with Crippen molar-refractivity contribution in [2.75, 3.05) is 13.7 Å². The number of rotatable bonds is 6. The molecule has 90 valence electrons. The molecule has 0 aliphatic carbocycles. The van der Waals surface area contributed by atoms with Crippen LogP contribution in [0.15, 0.2) is 18.2 Å². The smallest absolute Gasteiger partial charge is 0.200 e. The quantitative estimate of drug-likeness (QED) is 0.757. The number of ether oxygens (including phenoxy) is 1. The normalized spacial score (nSPS) is 12.5. The molecule has 0 bridgehead atoms. The van der Waals surface area contributed by atoms with Crippen molar-refractivity contribution in [2.45, 2.75) is 25.8 Å². The first-order valence-electron chi connectivity index (χ1n) is 5.39. The molecule has 1 rings (SSSR count). The van der Waals surface area contributed by atoms with Crippen LogP contribution in [0.1, 0.15) is 19.8 Å². The minimum atomic E-state index is -0.913. The van der Waals surface area contributed by atoms with Gasteiger partial charge in [-0.05, 0) is 38.9 Å². The molecule has 0 aromatic heterocycles. The minimum Gasteiger partial charge on any atom is -0.490 e. The van der Waals surface area contributed by atoms with Gasteiger partial charge in [0.15, 0.2) is 11.6 Å². The standard InChI is InChI=1S/C12H17F2NO/c1-9(15-2)5-4-8-16-11-7-3-6-10(13)12(11)14/h3,6-7,9,15H,4-5,8H2,1-2H3. The number of hydrogen-bond acceptors (Lipinski definition) is 2. The van der Waals surface area contributed by atoms with Crippen LogP contribution in [0.3, 0.4) is 0 Å². The van der Waals surface area contributed by atoms with Crippen molar-refractivity contribution in [3.8, 4) is 5.75 Å². The van der Waals surface area contributed by atoms with Gasteiger partial charge in [-0.15, -0.1) is 0 Å². The summed E-state index contributed by atoms with van der Waals surface area (Å²) in [7, 11) is 1.89. The summed E-state index contributed by atoms with van der Waals surface area (Å²) < 4.78 is 31.1. The fourth-order valence-electron chi connectivity index (χ4n) is 1.31. The van der Waals surface area contributed by atoms with E-state index in [1.807, 2.05) is 7.05 Å². The second-order valence-corrected chi connectivity index (χ2v) is 3.73. The molecule has 1 aromatic carbocycles.